The van der Waals surface area contributed by atoms with Gasteiger partial charge in [0, 0.05) is 32.3 Å². The molecule has 1 saturated heterocycles. The smallest absolute Gasteiger partial charge is 0.255 e. The first-order valence-electron chi connectivity index (χ1n) is 9.60. The Hall–Kier alpha value is -2.49. The average molecular weight is 419 g/mol. The summed E-state index contributed by atoms with van der Waals surface area (Å²) in [5, 5.41) is 2.76. The van der Waals surface area contributed by atoms with Crippen LogP contribution >= 0.6 is 0 Å². The Morgan fingerprint density at radius 1 is 1.17 bits per heavy atom. The van der Waals surface area contributed by atoms with Gasteiger partial charge in [-0.05, 0) is 49.6 Å². The zero-order valence-electron chi connectivity index (χ0n) is 16.4. The van der Waals surface area contributed by atoms with Crippen molar-refractivity contribution in [3.8, 4) is 0 Å². The SMILES string of the molecule is COCCNS(=O)(=O)c1cccc(C(=O)Nc2ccc(N3CCCCC3)nc2)c1. The van der Waals surface area contributed by atoms with E-state index < -0.39 is 15.9 Å². The molecule has 2 aromatic rings. The molecular formula is C20H26N4O4S. The largest absolute Gasteiger partial charge is 0.383 e. The number of piperidine rings is 1. The number of rotatable bonds is 8. The predicted molar refractivity (Wildman–Crippen MR) is 112 cm³/mol. The van der Waals surface area contributed by atoms with Crippen LogP contribution in [0.1, 0.15) is 29.6 Å². The lowest BCUT2D eigenvalue weighted by Gasteiger charge is -2.27. The third-order valence-electron chi connectivity index (χ3n) is 4.69. The maximum Gasteiger partial charge on any atom is 0.255 e. The number of methoxy groups -OCH3 is 1. The maximum atomic E-state index is 12.6. The quantitative estimate of drug-likeness (QED) is 0.638. The predicted octanol–water partition coefficient (Wildman–Crippen LogP) is 2.25. The lowest BCUT2D eigenvalue weighted by atomic mass is 10.1. The fourth-order valence-electron chi connectivity index (χ4n) is 3.14. The molecule has 156 valence electrons. The highest BCUT2D eigenvalue weighted by molar-refractivity contribution is 7.89. The monoisotopic (exact) mass is 418 g/mol. The first-order valence-corrected chi connectivity index (χ1v) is 11.1. The highest BCUT2D eigenvalue weighted by Gasteiger charge is 2.16. The van der Waals surface area contributed by atoms with Crippen LogP contribution in [-0.4, -0.2) is 52.7 Å². The number of amides is 1. The average Bonchev–Trinajstić information content (AvgIpc) is 2.75. The van der Waals surface area contributed by atoms with E-state index in [9.17, 15) is 13.2 Å². The van der Waals surface area contributed by atoms with Crippen LogP contribution in [0.3, 0.4) is 0 Å². The number of ether oxygens (including phenoxy) is 1. The number of hydrogen-bond acceptors (Lipinski definition) is 6. The Bertz CT molecular complexity index is 926. The molecule has 8 nitrogen and oxygen atoms in total. The highest BCUT2D eigenvalue weighted by atomic mass is 32.2. The summed E-state index contributed by atoms with van der Waals surface area (Å²) in [4.78, 5) is 19.3. The minimum Gasteiger partial charge on any atom is -0.383 e. The van der Waals surface area contributed by atoms with Crippen molar-refractivity contribution in [2.45, 2.75) is 24.2 Å². The summed E-state index contributed by atoms with van der Waals surface area (Å²) in [6.07, 6.45) is 5.20. The second kappa shape index (κ2) is 9.82. The highest BCUT2D eigenvalue weighted by Crippen LogP contribution is 2.19. The number of aromatic nitrogens is 1. The molecule has 0 unspecified atom stereocenters. The van der Waals surface area contributed by atoms with Crippen LogP contribution in [0, 0.1) is 0 Å². The number of nitrogens with one attached hydrogen (secondary N) is 2. The first kappa shape index (κ1) is 21.2. The Balaban J connectivity index is 1.66. The van der Waals surface area contributed by atoms with E-state index in [4.69, 9.17) is 4.74 Å². The molecule has 2 heterocycles. The maximum absolute atomic E-state index is 12.6. The Morgan fingerprint density at radius 3 is 2.66 bits per heavy atom. The minimum absolute atomic E-state index is 0.0276. The van der Waals surface area contributed by atoms with E-state index in [-0.39, 0.29) is 23.6 Å². The number of carbonyl (C=O) groups is 1. The Labute approximate surface area is 171 Å². The van der Waals surface area contributed by atoms with E-state index in [1.807, 2.05) is 12.1 Å². The lowest BCUT2D eigenvalue weighted by molar-refractivity contribution is 0.102. The summed E-state index contributed by atoms with van der Waals surface area (Å²) in [5.41, 5.74) is 0.807. The molecule has 2 N–H and O–H groups in total. The van der Waals surface area contributed by atoms with Gasteiger partial charge < -0.3 is 15.0 Å². The van der Waals surface area contributed by atoms with Crippen LogP contribution in [0.4, 0.5) is 11.5 Å². The molecule has 29 heavy (non-hydrogen) atoms. The molecule has 3 rings (SSSR count). The van der Waals surface area contributed by atoms with Crippen LogP contribution in [0.25, 0.3) is 0 Å². The van der Waals surface area contributed by atoms with E-state index in [1.165, 1.54) is 44.6 Å². The van der Waals surface area contributed by atoms with E-state index in [2.05, 4.69) is 19.9 Å². The van der Waals surface area contributed by atoms with Crippen LogP contribution in [0.15, 0.2) is 47.5 Å². The standard InChI is InChI=1S/C20H26N4O4S/c1-28-13-10-22-29(26,27)18-7-5-6-16(14-18)20(25)23-17-8-9-19(21-15-17)24-11-3-2-4-12-24/h5-9,14-15,22H,2-4,10-13H2,1H3,(H,23,25). The molecule has 1 aromatic carbocycles. The van der Waals surface area contributed by atoms with Crippen molar-refractivity contribution >= 4 is 27.4 Å². The van der Waals surface area contributed by atoms with Crippen molar-refractivity contribution < 1.29 is 17.9 Å². The Kier molecular flexibility index (Phi) is 7.18. The fraction of sp³-hybridized carbons (Fsp3) is 0.400. The van der Waals surface area contributed by atoms with Crippen LogP contribution in [-0.2, 0) is 14.8 Å². The molecule has 1 fully saturated rings. The fourth-order valence-corrected chi connectivity index (χ4v) is 4.20. The normalized spacial score (nSPS) is 14.6. The van der Waals surface area contributed by atoms with Crippen molar-refractivity contribution in [1.82, 2.24) is 9.71 Å². The summed E-state index contributed by atoms with van der Waals surface area (Å²) in [6, 6.07) is 9.60. The number of sulfonamides is 1. The number of pyridine rings is 1. The van der Waals surface area contributed by atoms with E-state index >= 15 is 0 Å². The zero-order chi connectivity index (χ0) is 20.7. The first-order chi connectivity index (χ1) is 14.0. The van der Waals surface area contributed by atoms with Crippen LogP contribution < -0.4 is 14.9 Å². The third-order valence-corrected chi connectivity index (χ3v) is 6.15. The van der Waals surface area contributed by atoms with E-state index in [0.717, 1.165) is 18.9 Å². The number of benzene rings is 1. The second-order valence-corrected chi connectivity index (χ2v) is 8.59. The molecule has 9 heteroatoms. The van der Waals surface area contributed by atoms with Gasteiger partial charge in [-0.15, -0.1) is 0 Å². The molecule has 0 aliphatic carbocycles. The summed E-state index contributed by atoms with van der Waals surface area (Å²) in [5.74, 6) is 0.504. The molecule has 1 aliphatic heterocycles. The van der Waals surface area contributed by atoms with Gasteiger partial charge >= 0.3 is 0 Å². The number of anilines is 2. The molecule has 1 aliphatic rings. The third kappa shape index (κ3) is 5.75. The molecule has 0 radical (unpaired) electrons. The zero-order valence-corrected chi connectivity index (χ0v) is 17.2. The summed E-state index contributed by atoms with van der Waals surface area (Å²) >= 11 is 0. The summed E-state index contributed by atoms with van der Waals surface area (Å²) in [6.45, 7) is 2.42. The van der Waals surface area contributed by atoms with Gasteiger partial charge in [-0.2, -0.15) is 0 Å². The van der Waals surface area contributed by atoms with Crippen molar-refractivity contribution in [3.05, 3.63) is 48.2 Å². The van der Waals surface area contributed by atoms with Crippen molar-refractivity contribution in [2.75, 3.05) is 43.6 Å². The molecular weight excluding hydrogens is 392 g/mol. The van der Waals surface area contributed by atoms with Crippen molar-refractivity contribution in [2.24, 2.45) is 0 Å². The molecule has 1 amide bonds. The molecule has 0 spiro atoms. The molecule has 0 atom stereocenters. The van der Waals surface area contributed by atoms with Gasteiger partial charge in [-0.25, -0.2) is 18.1 Å². The van der Waals surface area contributed by atoms with Gasteiger partial charge in [-0.3, -0.25) is 4.79 Å². The number of carbonyl (C=O) groups excluding carboxylic acids is 1. The lowest BCUT2D eigenvalue weighted by Crippen LogP contribution is -2.30. The van der Waals surface area contributed by atoms with Crippen molar-refractivity contribution in [1.29, 1.82) is 0 Å². The summed E-state index contributed by atoms with van der Waals surface area (Å²) < 4.78 is 31.9. The van der Waals surface area contributed by atoms with Gasteiger partial charge in [0.2, 0.25) is 10.0 Å². The molecule has 0 saturated carbocycles. The van der Waals surface area contributed by atoms with Crippen LogP contribution in [0.5, 0.6) is 0 Å². The van der Waals surface area contributed by atoms with Crippen molar-refractivity contribution in [3.63, 3.8) is 0 Å². The molecule has 0 bridgehead atoms. The van der Waals surface area contributed by atoms with Crippen LogP contribution in [0.2, 0.25) is 0 Å². The number of hydrogen-bond donors (Lipinski definition) is 2. The number of nitrogens with zero attached hydrogens (tertiary/aromatic N) is 2. The van der Waals surface area contributed by atoms with Gasteiger partial charge in [0.25, 0.3) is 5.91 Å². The van der Waals surface area contributed by atoms with E-state index in [1.54, 1.807) is 12.3 Å². The summed E-state index contributed by atoms with van der Waals surface area (Å²) in [7, 11) is -2.21. The van der Waals surface area contributed by atoms with Gasteiger partial charge in [0.15, 0.2) is 0 Å². The molecule has 1 aromatic heterocycles. The van der Waals surface area contributed by atoms with Gasteiger partial charge in [0.05, 0.1) is 23.4 Å². The minimum atomic E-state index is -3.71. The van der Waals surface area contributed by atoms with E-state index in [0.29, 0.717) is 5.69 Å². The topological polar surface area (TPSA) is 101 Å². The Morgan fingerprint density at radius 2 is 1.97 bits per heavy atom. The second-order valence-electron chi connectivity index (χ2n) is 6.83. The van der Waals surface area contributed by atoms with Gasteiger partial charge in [0.1, 0.15) is 5.82 Å². The van der Waals surface area contributed by atoms with Gasteiger partial charge in [-0.1, -0.05) is 6.07 Å².